The summed E-state index contributed by atoms with van der Waals surface area (Å²) in [6, 6.07) is 0. The molecule has 0 aliphatic rings. The normalized spacial score (nSPS) is 11.2. The van der Waals surface area contributed by atoms with Gasteiger partial charge in [-0.3, -0.25) is 0 Å². The number of esters is 2. The van der Waals surface area contributed by atoms with Crippen molar-refractivity contribution in [3.63, 3.8) is 0 Å². The van der Waals surface area contributed by atoms with E-state index in [0.29, 0.717) is 34.4 Å². The molecule has 1 atom stereocenters. The topological polar surface area (TPSA) is 222 Å². The Morgan fingerprint density at radius 3 is 1.21 bits per heavy atom. The molecule has 384 valence electrons. The largest absolute Gasteiger partial charge is 0.473 e. The lowest BCUT2D eigenvalue weighted by molar-refractivity contribution is -0.153. The number of alkyl carbamates (subject to hydrolysis) is 2. The molecular weight excluding hydrogens is 901 g/mol. The highest BCUT2D eigenvalue weighted by Crippen LogP contribution is 2.22. The van der Waals surface area contributed by atoms with E-state index in [0.717, 1.165) is 0 Å². The van der Waals surface area contributed by atoms with Gasteiger partial charge in [0.1, 0.15) is 26.4 Å². The van der Waals surface area contributed by atoms with Gasteiger partial charge < -0.3 is 76.9 Å². The van der Waals surface area contributed by atoms with Gasteiger partial charge in [-0.15, -0.1) is 0 Å². The van der Waals surface area contributed by atoms with E-state index in [1.807, 2.05) is 13.2 Å². The summed E-state index contributed by atoms with van der Waals surface area (Å²) >= 11 is 1.44. The SMILES string of the molecule is C=C(C)OCOCC(C)(COCOC(=C)C)COC(=O)NCCOC(=O)C(=C)C.C=C(C)OCOCC(COCOC(=C)C)(COCOC(=C)C)COC(=O)NCC(COC(=O)C(=C)C)SC. The third kappa shape index (κ3) is 38.6. The lowest BCUT2D eigenvalue weighted by atomic mass is 9.92. The van der Waals surface area contributed by atoms with Gasteiger partial charge in [-0.25, -0.2) is 19.2 Å². The third-order valence-corrected chi connectivity index (χ3v) is 8.61. The molecule has 0 aliphatic carbocycles. The Bertz CT molecular complexity index is 1510. The number of nitrogens with one attached hydrogen (secondary N) is 2. The van der Waals surface area contributed by atoms with Crippen LogP contribution in [-0.4, -0.2) is 142 Å². The first-order valence-electron chi connectivity index (χ1n) is 20.8. The van der Waals surface area contributed by atoms with Crippen LogP contribution >= 0.6 is 11.8 Å². The predicted molar refractivity (Wildman–Crippen MR) is 252 cm³/mol. The lowest BCUT2D eigenvalue weighted by Gasteiger charge is -2.32. The molecule has 0 radical (unpaired) electrons. The van der Waals surface area contributed by atoms with Crippen LogP contribution in [0.5, 0.6) is 0 Å². The number of carbonyl (C=O) groups is 4. The molecule has 0 aliphatic heterocycles. The zero-order chi connectivity index (χ0) is 51.3. The molecule has 0 rings (SSSR count). The van der Waals surface area contributed by atoms with E-state index in [1.165, 1.54) is 18.7 Å². The van der Waals surface area contributed by atoms with Crippen molar-refractivity contribution >= 4 is 35.9 Å². The average molecular weight is 977 g/mol. The van der Waals surface area contributed by atoms with Crippen molar-refractivity contribution in [1.29, 1.82) is 0 Å². The van der Waals surface area contributed by atoms with Crippen molar-refractivity contribution in [2.45, 2.75) is 60.6 Å². The summed E-state index contributed by atoms with van der Waals surface area (Å²) < 4.78 is 74.8. The molecule has 2 amide bonds. The summed E-state index contributed by atoms with van der Waals surface area (Å²) in [5, 5.41) is 4.99. The van der Waals surface area contributed by atoms with E-state index >= 15 is 0 Å². The van der Waals surface area contributed by atoms with E-state index in [9.17, 15) is 19.2 Å². The maximum absolute atomic E-state index is 12.5. The van der Waals surface area contributed by atoms with Crippen molar-refractivity contribution in [1.82, 2.24) is 10.6 Å². The van der Waals surface area contributed by atoms with Crippen molar-refractivity contribution in [2.75, 3.05) is 113 Å². The number of hydrogen-bond donors (Lipinski definition) is 2. The third-order valence-electron chi connectivity index (χ3n) is 7.64. The number of rotatable bonds is 39. The minimum absolute atomic E-state index is 0.0147. The second-order valence-corrected chi connectivity index (χ2v) is 16.6. The number of thioether (sulfide) groups is 1. The van der Waals surface area contributed by atoms with Crippen LogP contribution in [0.25, 0.3) is 0 Å². The first-order valence-corrected chi connectivity index (χ1v) is 22.0. The number of ether oxygens (including phenoxy) is 14. The molecule has 21 heteroatoms. The first kappa shape index (κ1) is 63.9. The zero-order valence-electron chi connectivity index (χ0n) is 41.1. The number of allylic oxidation sites excluding steroid dienone is 5. The minimum atomic E-state index is -0.942. The molecule has 0 aromatic carbocycles. The van der Waals surface area contributed by atoms with Gasteiger partial charge in [-0.1, -0.05) is 53.0 Å². The molecule has 0 saturated carbocycles. The van der Waals surface area contributed by atoms with Crippen LogP contribution in [-0.2, 0) is 75.9 Å². The van der Waals surface area contributed by atoms with E-state index < -0.39 is 35.0 Å². The summed E-state index contributed by atoms with van der Waals surface area (Å²) in [4.78, 5) is 47.3. The highest BCUT2D eigenvalue weighted by molar-refractivity contribution is 7.99. The predicted octanol–water partition coefficient (Wildman–Crippen LogP) is 7.01. The van der Waals surface area contributed by atoms with E-state index in [4.69, 9.17) is 66.3 Å². The number of hydrogen-bond acceptors (Lipinski definition) is 19. The Labute approximate surface area is 401 Å². The van der Waals surface area contributed by atoms with Gasteiger partial charge in [0.2, 0.25) is 0 Å². The fraction of sp³-hybridized carbons (Fsp3) is 0.609. The average Bonchev–Trinajstić information content (AvgIpc) is 3.25. The Hall–Kier alpha value is -5.19. The Balaban J connectivity index is 0. The van der Waals surface area contributed by atoms with Gasteiger partial charge in [-0.05, 0) is 54.7 Å². The highest BCUT2D eigenvalue weighted by atomic mass is 32.2. The van der Waals surface area contributed by atoms with Crippen LogP contribution in [0.4, 0.5) is 9.59 Å². The summed E-state index contributed by atoms with van der Waals surface area (Å²) in [7, 11) is 0. The summed E-state index contributed by atoms with van der Waals surface area (Å²) in [6.07, 6.45) is 0.518. The fourth-order valence-electron chi connectivity index (χ4n) is 4.12. The second kappa shape index (κ2) is 37.9. The molecule has 0 spiro atoms. The summed E-state index contributed by atoms with van der Waals surface area (Å²) in [5.41, 5.74) is -1.01. The molecule has 1 unspecified atom stereocenters. The van der Waals surface area contributed by atoms with Crippen LogP contribution in [0.3, 0.4) is 0 Å². The second-order valence-electron chi connectivity index (χ2n) is 15.5. The minimum Gasteiger partial charge on any atom is -0.473 e. The molecule has 0 bridgehead atoms. The van der Waals surface area contributed by atoms with Crippen molar-refractivity contribution in [2.24, 2.45) is 10.8 Å². The van der Waals surface area contributed by atoms with E-state index in [-0.39, 0.29) is 117 Å². The van der Waals surface area contributed by atoms with Crippen molar-refractivity contribution in [3.8, 4) is 0 Å². The van der Waals surface area contributed by atoms with Gasteiger partial charge in [0.15, 0.2) is 34.0 Å². The van der Waals surface area contributed by atoms with Crippen LogP contribution in [0.15, 0.2) is 86.0 Å². The Kier molecular flexibility index (Phi) is 36.1. The molecule has 0 aromatic heterocycles. The standard InChI is InChI=1S/C26H43NO10S.C20H33NO8/c1-19(2)24(28)33-11-23(38-9)10-27-25(29)34-15-26(12-30-16-35-20(3)4,13-31-17-36-21(5)6)14-32-18-37-22(7)8;1-15(2)18(22)26-9-8-21-19(23)27-12-20(7,10-24-13-28-16(3)4)11-25-14-29-17(5)6/h23H,1,3,5,7,10-18H2,2,4,6,8-9H3,(H,27,29);1,3,5,8-14H2,2,4,6-7H3,(H,21,23). The monoisotopic (exact) mass is 976 g/mol. The number of carbonyl (C=O) groups excluding carboxylic acids is 4. The Morgan fingerprint density at radius 2 is 0.836 bits per heavy atom. The van der Waals surface area contributed by atoms with Crippen LogP contribution in [0.1, 0.15) is 55.4 Å². The maximum Gasteiger partial charge on any atom is 0.407 e. The fourth-order valence-corrected chi connectivity index (χ4v) is 4.57. The molecular formula is C46H76N2O18S. The van der Waals surface area contributed by atoms with Gasteiger partial charge in [0.05, 0.1) is 79.0 Å². The highest BCUT2D eigenvalue weighted by Gasteiger charge is 2.35. The van der Waals surface area contributed by atoms with Crippen LogP contribution < -0.4 is 10.6 Å². The molecule has 0 heterocycles. The van der Waals surface area contributed by atoms with Gasteiger partial charge in [0, 0.05) is 23.1 Å². The maximum atomic E-state index is 12.5. The molecule has 67 heavy (non-hydrogen) atoms. The molecule has 0 saturated heterocycles. The smallest absolute Gasteiger partial charge is 0.407 e. The van der Waals surface area contributed by atoms with Gasteiger partial charge >= 0.3 is 24.1 Å². The summed E-state index contributed by atoms with van der Waals surface area (Å²) in [6.45, 7) is 39.5. The molecule has 0 fully saturated rings. The quantitative estimate of drug-likeness (QED) is 0.0158. The van der Waals surface area contributed by atoms with E-state index in [2.05, 4.69) is 56.7 Å². The molecule has 0 aromatic rings. The van der Waals surface area contributed by atoms with Crippen LogP contribution in [0, 0.1) is 10.8 Å². The van der Waals surface area contributed by atoms with Gasteiger partial charge in [0.25, 0.3) is 0 Å². The van der Waals surface area contributed by atoms with E-state index in [1.54, 1.807) is 41.5 Å². The first-order chi connectivity index (χ1) is 31.5. The van der Waals surface area contributed by atoms with Crippen molar-refractivity contribution < 1.29 is 85.5 Å². The summed E-state index contributed by atoms with van der Waals surface area (Å²) in [5.74, 6) is 1.51. The zero-order valence-corrected chi connectivity index (χ0v) is 41.9. The lowest BCUT2D eigenvalue weighted by Crippen LogP contribution is -2.44. The molecule has 20 nitrogen and oxygen atoms in total. The van der Waals surface area contributed by atoms with Crippen molar-refractivity contribution in [3.05, 3.63) is 86.0 Å². The number of amides is 2. The van der Waals surface area contributed by atoms with Gasteiger partial charge in [-0.2, -0.15) is 11.8 Å². The Morgan fingerprint density at radius 1 is 0.478 bits per heavy atom. The molecule has 2 N–H and O–H groups in total. The van der Waals surface area contributed by atoms with Crippen LogP contribution in [0.2, 0.25) is 0 Å².